The van der Waals surface area contributed by atoms with Gasteiger partial charge in [-0.05, 0) is 37.5 Å². The van der Waals surface area contributed by atoms with Gasteiger partial charge in [0.1, 0.15) is 0 Å². The van der Waals surface area contributed by atoms with Crippen molar-refractivity contribution in [3.05, 3.63) is 34.3 Å². The molecule has 0 radical (unpaired) electrons. The second-order valence-electron chi connectivity index (χ2n) is 4.49. The molecule has 0 aromatic heterocycles. The standard InChI is InChI=1S/C14H19Cl2NO/c1-4-14(5-2,9-15)17-13(18)11-7-6-8-12(16)10(11)3/h6-8H,4-5,9H2,1-3H3,(H,17,18). The molecule has 100 valence electrons. The predicted molar refractivity (Wildman–Crippen MR) is 77.7 cm³/mol. The zero-order valence-electron chi connectivity index (χ0n) is 11.0. The zero-order chi connectivity index (χ0) is 13.8. The number of nitrogens with one attached hydrogen (secondary N) is 1. The summed E-state index contributed by atoms with van der Waals surface area (Å²) in [5.74, 6) is 0.296. The highest BCUT2D eigenvalue weighted by Crippen LogP contribution is 2.22. The molecule has 0 heterocycles. The summed E-state index contributed by atoms with van der Waals surface area (Å²) >= 11 is 12.0. The summed E-state index contributed by atoms with van der Waals surface area (Å²) in [7, 11) is 0. The molecular formula is C14H19Cl2NO. The first-order valence-corrected chi connectivity index (χ1v) is 7.04. The SMILES string of the molecule is CCC(CC)(CCl)NC(=O)c1cccc(Cl)c1C. The van der Waals surface area contributed by atoms with Crippen molar-refractivity contribution in [2.45, 2.75) is 39.2 Å². The summed E-state index contributed by atoms with van der Waals surface area (Å²) in [5.41, 5.74) is 1.07. The molecule has 1 aromatic rings. The van der Waals surface area contributed by atoms with Gasteiger partial charge in [-0.25, -0.2) is 0 Å². The number of benzene rings is 1. The molecule has 0 aliphatic carbocycles. The Labute approximate surface area is 119 Å². The van der Waals surface area contributed by atoms with Gasteiger partial charge in [0.2, 0.25) is 0 Å². The van der Waals surface area contributed by atoms with Crippen molar-refractivity contribution in [3.63, 3.8) is 0 Å². The Morgan fingerprint density at radius 1 is 1.33 bits per heavy atom. The third kappa shape index (κ3) is 3.18. The first kappa shape index (κ1) is 15.3. The third-order valence-electron chi connectivity index (χ3n) is 3.50. The van der Waals surface area contributed by atoms with Crippen LogP contribution in [0.2, 0.25) is 5.02 Å². The molecule has 18 heavy (non-hydrogen) atoms. The molecule has 0 fully saturated rings. The second-order valence-corrected chi connectivity index (χ2v) is 5.16. The number of halogens is 2. The Balaban J connectivity index is 2.98. The summed E-state index contributed by atoms with van der Waals surface area (Å²) in [6.45, 7) is 5.89. The monoisotopic (exact) mass is 287 g/mol. The Morgan fingerprint density at radius 2 is 1.94 bits per heavy atom. The fourth-order valence-corrected chi connectivity index (χ4v) is 2.43. The van der Waals surface area contributed by atoms with E-state index in [9.17, 15) is 4.79 Å². The number of carbonyl (C=O) groups is 1. The van der Waals surface area contributed by atoms with Gasteiger partial charge in [-0.3, -0.25) is 4.79 Å². The first-order chi connectivity index (χ1) is 8.49. The number of hydrogen-bond acceptors (Lipinski definition) is 1. The van der Waals surface area contributed by atoms with Crippen LogP contribution in [-0.4, -0.2) is 17.3 Å². The van der Waals surface area contributed by atoms with E-state index in [4.69, 9.17) is 23.2 Å². The lowest BCUT2D eigenvalue weighted by molar-refractivity contribution is 0.0902. The smallest absolute Gasteiger partial charge is 0.252 e. The van der Waals surface area contributed by atoms with E-state index in [-0.39, 0.29) is 11.4 Å². The van der Waals surface area contributed by atoms with E-state index < -0.39 is 0 Å². The maximum atomic E-state index is 12.3. The molecule has 0 saturated heterocycles. The number of alkyl halides is 1. The van der Waals surface area contributed by atoms with Crippen molar-refractivity contribution < 1.29 is 4.79 Å². The van der Waals surface area contributed by atoms with E-state index in [1.807, 2.05) is 20.8 Å². The minimum Gasteiger partial charge on any atom is -0.345 e. The van der Waals surface area contributed by atoms with Gasteiger partial charge in [0, 0.05) is 16.5 Å². The van der Waals surface area contributed by atoms with E-state index in [1.54, 1.807) is 18.2 Å². The van der Waals surface area contributed by atoms with Crippen molar-refractivity contribution in [2.75, 3.05) is 5.88 Å². The van der Waals surface area contributed by atoms with E-state index in [1.165, 1.54) is 0 Å². The van der Waals surface area contributed by atoms with Gasteiger partial charge in [-0.2, -0.15) is 0 Å². The van der Waals surface area contributed by atoms with Gasteiger partial charge in [0.05, 0.1) is 5.54 Å². The minimum absolute atomic E-state index is 0.112. The topological polar surface area (TPSA) is 29.1 Å². The normalized spacial score (nSPS) is 11.4. The summed E-state index contributed by atoms with van der Waals surface area (Å²) in [6.07, 6.45) is 1.61. The molecule has 0 spiro atoms. The van der Waals surface area contributed by atoms with Gasteiger partial charge in [-0.15, -0.1) is 11.6 Å². The highest BCUT2D eigenvalue weighted by Gasteiger charge is 2.28. The molecule has 0 bridgehead atoms. The Bertz CT molecular complexity index is 420. The van der Waals surface area contributed by atoms with E-state index in [0.29, 0.717) is 16.5 Å². The van der Waals surface area contributed by atoms with Gasteiger partial charge < -0.3 is 5.32 Å². The number of amides is 1. The zero-order valence-corrected chi connectivity index (χ0v) is 12.5. The molecule has 0 aliphatic rings. The molecule has 1 aromatic carbocycles. The average Bonchev–Trinajstić information content (AvgIpc) is 2.39. The lowest BCUT2D eigenvalue weighted by atomic mass is 9.94. The van der Waals surface area contributed by atoms with Crippen LogP contribution < -0.4 is 5.32 Å². The fourth-order valence-electron chi connectivity index (χ4n) is 1.81. The van der Waals surface area contributed by atoms with Crippen LogP contribution in [0.3, 0.4) is 0 Å². The van der Waals surface area contributed by atoms with Crippen LogP contribution in [-0.2, 0) is 0 Å². The lowest BCUT2D eigenvalue weighted by Gasteiger charge is -2.31. The van der Waals surface area contributed by atoms with Crippen molar-refractivity contribution in [1.82, 2.24) is 5.32 Å². The Morgan fingerprint density at radius 3 is 2.44 bits per heavy atom. The van der Waals surface area contributed by atoms with Gasteiger partial charge in [-0.1, -0.05) is 31.5 Å². The van der Waals surface area contributed by atoms with Crippen LogP contribution in [0.1, 0.15) is 42.6 Å². The first-order valence-electron chi connectivity index (χ1n) is 6.13. The molecular weight excluding hydrogens is 269 g/mol. The van der Waals surface area contributed by atoms with Crippen LogP contribution in [0.15, 0.2) is 18.2 Å². The summed E-state index contributed by atoms with van der Waals surface area (Å²) < 4.78 is 0. The molecule has 1 rings (SSSR count). The van der Waals surface area contributed by atoms with Crippen LogP contribution in [0.4, 0.5) is 0 Å². The van der Waals surface area contributed by atoms with Crippen LogP contribution in [0, 0.1) is 6.92 Å². The number of carbonyl (C=O) groups excluding carboxylic acids is 1. The van der Waals surface area contributed by atoms with Crippen LogP contribution in [0.25, 0.3) is 0 Å². The van der Waals surface area contributed by atoms with E-state index >= 15 is 0 Å². The maximum Gasteiger partial charge on any atom is 0.252 e. The average molecular weight is 288 g/mol. The maximum absolute atomic E-state index is 12.3. The molecule has 0 aliphatic heterocycles. The van der Waals surface area contributed by atoms with Crippen LogP contribution >= 0.6 is 23.2 Å². The molecule has 2 nitrogen and oxygen atoms in total. The summed E-state index contributed by atoms with van der Waals surface area (Å²) in [5, 5.41) is 3.64. The third-order valence-corrected chi connectivity index (χ3v) is 4.42. The summed E-state index contributed by atoms with van der Waals surface area (Å²) in [4.78, 5) is 12.3. The van der Waals surface area contributed by atoms with E-state index in [2.05, 4.69) is 5.32 Å². The minimum atomic E-state index is -0.340. The van der Waals surface area contributed by atoms with Crippen molar-refractivity contribution in [3.8, 4) is 0 Å². The summed E-state index contributed by atoms with van der Waals surface area (Å²) in [6, 6.07) is 5.34. The molecule has 4 heteroatoms. The van der Waals surface area contributed by atoms with Crippen molar-refractivity contribution >= 4 is 29.1 Å². The lowest BCUT2D eigenvalue weighted by Crippen LogP contribution is -2.49. The number of hydrogen-bond donors (Lipinski definition) is 1. The largest absolute Gasteiger partial charge is 0.345 e. The molecule has 0 atom stereocenters. The quantitative estimate of drug-likeness (QED) is 0.809. The highest BCUT2D eigenvalue weighted by atomic mass is 35.5. The Kier molecular flexibility index (Phi) is 5.48. The number of rotatable bonds is 5. The Hall–Kier alpha value is -0.730. The fraction of sp³-hybridized carbons (Fsp3) is 0.500. The molecule has 1 N–H and O–H groups in total. The van der Waals surface area contributed by atoms with E-state index in [0.717, 1.165) is 18.4 Å². The second kappa shape index (κ2) is 6.44. The molecule has 0 unspecified atom stereocenters. The van der Waals surface area contributed by atoms with Gasteiger partial charge >= 0.3 is 0 Å². The molecule has 1 amide bonds. The van der Waals surface area contributed by atoms with Gasteiger partial charge in [0.15, 0.2) is 0 Å². The van der Waals surface area contributed by atoms with Gasteiger partial charge in [0.25, 0.3) is 5.91 Å². The predicted octanol–water partition coefficient (Wildman–Crippen LogP) is 4.18. The highest BCUT2D eigenvalue weighted by molar-refractivity contribution is 6.31. The molecule has 0 saturated carbocycles. The van der Waals surface area contributed by atoms with Crippen molar-refractivity contribution in [1.29, 1.82) is 0 Å². The van der Waals surface area contributed by atoms with Crippen molar-refractivity contribution in [2.24, 2.45) is 0 Å². The van der Waals surface area contributed by atoms with Crippen LogP contribution in [0.5, 0.6) is 0 Å².